The third-order valence-corrected chi connectivity index (χ3v) is 6.81. The second kappa shape index (κ2) is 7.03. The van der Waals surface area contributed by atoms with Crippen molar-refractivity contribution >= 4 is 0 Å². The molecule has 0 aromatic heterocycles. The van der Waals surface area contributed by atoms with Gasteiger partial charge in [0.15, 0.2) is 0 Å². The van der Waals surface area contributed by atoms with Gasteiger partial charge in [-0.25, -0.2) is 4.39 Å². The molecule has 0 amide bonds. The van der Waals surface area contributed by atoms with Gasteiger partial charge in [-0.1, -0.05) is 37.3 Å². The average molecular weight is 365 g/mol. The van der Waals surface area contributed by atoms with Gasteiger partial charge in [0.25, 0.3) is 0 Å². The maximum atomic E-state index is 14.1. The molecule has 0 spiro atoms. The lowest BCUT2D eigenvalue weighted by molar-refractivity contribution is 0.0133. The molecule has 3 heteroatoms. The van der Waals surface area contributed by atoms with E-state index in [1.807, 2.05) is 6.07 Å². The summed E-state index contributed by atoms with van der Waals surface area (Å²) < 4.78 is 20.7. The van der Waals surface area contributed by atoms with Crippen LogP contribution in [-0.2, 0) is 11.2 Å². The first-order chi connectivity index (χ1) is 13.2. The molecular weight excluding hydrogens is 337 g/mol. The van der Waals surface area contributed by atoms with Gasteiger partial charge in [-0.05, 0) is 79.1 Å². The smallest absolute Gasteiger partial charge is 0.123 e. The normalized spacial score (nSPS) is 28.3. The molecule has 3 aliphatic rings. The van der Waals surface area contributed by atoms with E-state index in [2.05, 4.69) is 36.1 Å². The van der Waals surface area contributed by atoms with E-state index >= 15 is 0 Å². The average Bonchev–Trinajstić information content (AvgIpc) is 3.04. The molecule has 1 aliphatic carbocycles. The molecule has 2 nitrogen and oxygen atoms in total. The maximum absolute atomic E-state index is 14.1. The minimum absolute atomic E-state index is 0.0203. The van der Waals surface area contributed by atoms with E-state index in [-0.39, 0.29) is 18.0 Å². The zero-order valence-corrected chi connectivity index (χ0v) is 16.0. The minimum atomic E-state index is -0.157. The number of piperidine rings is 1. The largest absolute Gasteiger partial charge is 0.368 e. The summed E-state index contributed by atoms with van der Waals surface area (Å²) in [5.41, 5.74) is 5.04. The Kier molecular flexibility index (Phi) is 4.53. The molecule has 2 fully saturated rings. The van der Waals surface area contributed by atoms with Crippen LogP contribution in [0.25, 0.3) is 0 Å². The number of hydrogen-bond acceptors (Lipinski definition) is 2. The monoisotopic (exact) mass is 365 g/mol. The van der Waals surface area contributed by atoms with Crippen LogP contribution in [-0.4, -0.2) is 30.6 Å². The van der Waals surface area contributed by atoms with E-state index in [9.17, 15) is 4.39 Å². The molecule has 2 aliphatic heterocycles. The van der Waals surface area contributed by atoms with Crippen molar-refractivity contribution in [1.82, 2.24) is 4.90 Å². The number of hydrogen-bond donors (Lipinski definition) is 0. The summed E-state index contributed by atoms with van der Waals surface area (Å²) in [5.74, 6) is 1.02. The Bertz CT molecular complexity index is 827. The fourth-order valence-electron chi connectivity index (χ4n) is 5.25. The zero-order chi connectivity index (χ0) is 18.4. The molecule has 2 saturated heterocycles. The molecule has 0 radical (unpaired) electrons. The molecule has 0 saturated carbocycles. The van der Waals surface area contributed by atoms with Crippen molar-refractivity contribution < 1.29 is 9.13 Å². The summed E-state index contributed by atoms with van der Waals surface area (Å²) in [6, 6.07) is 14.0. The number of likely N-dealkylation sites (tertiary alicyclic amines) is 1. The Morgan fingerprint density at radius 3 is 2.67 bits per heavy atom. The van der Waals surface area contributed by atoms with Gasteiger partial charge in [0.1, 0.15) is 5.82 Å². The molecular formula is C24H28FNO. The molecule has 3 atom stereocenters. The SMILES string of the molecule is CC1CCN(CC2CC3c4ccccc4Cc4ccc(F)cc4C3O2)CC1. The highest BCUT2D eigenvalue weighted by Gasteiger charge is 2.41. The number of rotatable bonds is 2. The van der Waals surface area contributed by atoms with E-state index in [0.717, 1.165) is 30.9 Å². The van der Waals surface area contributed by atoms with Gasteiger partial charge in [0, 0.05) is 12.5 Å². The standard InChI is InChI=1S/C24H28FNO/c1-16-8-10-26(11-9-16)15-20-14-23-21-5-3-2-4-17(21)12-18-6-7-19(25)13-22(18)24(23)27-20/h2-7,13,16,20,23-24H,8-12,14-15H2,1H3. The quantitative estimate of drug-likeness (QED) is 0.736. The van der Waals surface area contributed by atoms with Crippen molar-refractivity contribution in [2.45, 2.75) is 50.7 Å². The Labute approximate surface area is 161 Å². The van der Waals surface area contributed by atoms with E-state index in [1.54, 1.807) is 12.1 Å². The van der Waals surface area contributed by atoms with Gasteiger partial charge in [0.2, 0.25) is 0 Å². The van der Waals surface area contributed by atoms with Crippen molar-refractivity contribution in [2.75, 3.05) is 19.6 Å². The molecule has 142 valence electrons. The number of benzene rings is 2. The summed E-state index contributed by atoms with van der Waals surface area (Å²) in [5, 5.41) is 0. The lowest BCUT2D eigenvalue weighted by Gasteiger charge is -2.32. The number of fused-ring (bicyclic) bond motifs is 5. The van der Waals surface area contributed by atoms with Crippen LogP contribution in [0.15, 0.2) is 42.5 Å². The summed E-state index contributed by atoms with van der Waals surface area (Å²) in [6.45, 7) is 5.72. The van der Waals surface area contributed by atoms with E-state index in [4.69, 9.17) is 4.74 Å². The lowest BCUT2D eigenvalue weighted by Crippen LogP contribution is -2.38. The van der Waals surface area contributed by atoms with Crippen LogP contribution in [0.4, 0.5) is 4.39 Å². The predicted octanol–water partition coefficient (Wildman–Crippen LogP) is 5.08. The van der Waals surface area contributed by atoms with Crippen molar-refractivity contribution in [3.63, 3.8) is 0 Å². The van der Waals surface area contributed by atoms with Crippen LogP contribution in [0.1, 0.15) is 60.5 Å². The van der Waals surface area contributed by atoms with Gasteiger partial charge < -0.3 is 9.64 Å². The van der Waals surface area contributed by atoms with Gasteiger partial charge in [-0.3, -0.25) is 0 Å². The van der Waals surface area contributed by atoms with Gasteiger partial charge in [-0.15, -0.1) is 0 Å². The first-order valence-corrected chi connectivity index (χ1v) is 10.4. The van der Waals surface area contributed by atoms with E-state index in [0.29, 0.717) is 5.92 Å². The molecule has 2 aromatic carbocycles. The third kappa shape index (κ3) is 3.32. The van der Waals surface area contributed by atoms with Crippen molar-refractivity contribution in [1.29, 1.82) is 0 Å². The maximum Gasteiger partial charge on any atom is 0.123 e. The third-order valence-electron chi connectivity index (χ3n) is 6.81. The lowest BCUT2D eigenvalue weighted by atomic mass is 9.87. The Balaban J connectivity index is 1.45. The summed E-state index contributed by atoms with van der Waals surface area (Å²) in [6.07, 6.45) is 4.69. The first kappa shape index (κ1) is 17.4. The van der Waals surface area contributed by atoms with E-state index in [1.165, 1.54) is 42.6 Å². The fourth-order valence-corrected chi connectivity index (χ4v) is 5.25. The summed E-state index contributed by atoms with van der Waals surface area (Å²) in [7, 11) is 0. The Morgan fingerprint density at radius 2 is 1.81 bits per heavy atom. The summed E-state index contributed by atoms with van der Waals surface area (Å²) >= 11 is 0. The van der Waals surface area contributed by atoms with Gasteiger partial charge in [-0.2, -0.15) is 0 Å². The van der Waals surface area contributed by atoms with Crippen LogP contribution >= 0.6 is 0 Å². The van der Waals surface area contributed by atoms with Gasteiger partial charge >= 0.3 is 0 Å². The van der Waals surface area contributed by atoms with Gasteiger partial charge in [0.05, 0.1) is 12.2 Å². The highest BCUT2D eigenvalue weighted by Crippen LogP contribution is 2.49. The number of halogens is 1. The van der Waals surface area contributed by atoms with Crippen LogP contribution in [0.5, 0.6) is 0 Å². The first-order valence-electron chi connectivity index (χ1n) is 10.4. The van der Waals surface area contributed by atoms with E-state index < -0.39 is 0 Å². The van der Waals surface area contributed by atoms with Crippen LogP contribution in [0.2, 0.25) is 0 Å². The second-order valence-electron chi connectivity index (χ2n) is 8.72. The molecule has 0 bridgehead atoms. The van der Waals surface area contributed by atoms with Crippen molar-refractivity contribution in [2.24, 2.45) is 5.92 Å². The zero-order valence-electron chi connectivity index (χ0n) is 16.0. The molecule has 5 rings (SSSR count). The van der Waals surface area contributed by atoms with Crippen LogP contribution < -0.4 is 0 Å². The minimum Gasteiger partial charge on any atom is -0.368 e. The fraction of sp³-hybridized carbons (Fsp3) is 0.500. The number of ether oxygens (including phenoxy) is 1. The Hall–Kier alpha value is -1.71. The van der Waals surface area contributed by atoms with Crippen molar-refractivity contribution in [3.8, 4) is 0 Å². The molecule has 3 unspecified atom stereocenters. The van der Waals surface area contributed by atoms with Crippen LogP contribution in [0.3, 0.4) is 0 Å². The molecule has 2 aromatic rings. The summed E-state index contributed by atoms with van der Waals surface area (Å²) in [4.78, 5) is 2.56. The molecule has 0 N–H and O–H groups in total. The predicted molar refractivity (Wildman–Crippen MR) is 105 cm³/mol. The molecule has 27 heavy (non-hydrogen) atoms. The second-order valence-corrected chi connectivity index (χ2v) is 8.72. The Morgan fingerprint density at radius 1 is 1.04 bits per heavy atom. The van der Waals surface area contributed by atoms with Crippen LogP contribution in [0, 0.1) is 11.7 Å². The highest BCUT2D eigenvalue weighted by molar-refractivity contribution is 5.45. The number of nitrogens with zero attached hydrogens (tertiary/aromatic N) is 1. The molecule has 2 heterocycles. The van der Waals surface area contributed by atoms with Crippen molar-refractivity contribution in [3.05, 3.63) is 70.5 Å². The highest BCUT2D eigenvalue weighted by atomic mass is 19.1. The topological polar surface area (TPSA) is 12.5 Å².